The van der Waals surface area contributed by atoms with E-state index in [1.807, 2.05) is 0 Å². The van der Waals surface area contributed by atoms with E-state index in [1.165, 1.54) is 5.56 Å². The van der Waals surface area contributed by atoms with Crippen LogP contribution in [0, 0.1) is 23.7 Å². The van der Waals surface area contributed by atoms with E-state index < -0.39 is 0 Å². The Morgan fingerprint density at radius 3 is 2.65 bits per heavy atom. The number of ether oxygens (including phenoxy) is 1. The van der Waals surface area contributed by atoms with Crippen molar-refractivity contribution in [2.75, 3.05) is 6.61 Å². The van der Waals surface area contributed by atoms with Gasteiger partial charge in [0, 0.05) is 5.92 Å². The zero-order valence-corrected chi connectivity index (χ0v) is 12.9. The maximum Gasteiger partial charge on any atom is 0.0646 e. The number of hydrogen-bond acceptors (Lipinski definition) is 1. The molecule has 0 amide bonds. The molecule has 0 aromatic heterocycles. The fraction of sp³-hybridized carbons (Fsp3) is 0.579. The van der Waals surface area contributed by atoms with Crippen molar-refractivity contribution in [1.29, 1.82) is 0 Å². The normalized spacial score (nSPS) is 36.5. The van der Waals surface area contributed by atoms with E-state index in [-0.39, 0.29) is 0 Å². The van der Waals surface area contributed by atoms with Gasteiger partial charge in [-0.3, -0.25) is 0 Å². The molecule has 1 aromatic carbocycles. The van der Waals surface area contributed by atoms with Crippen LogP contribution in [-0.2, 0) is 11.2 Å². The molecule has 20 heavy (non-hydrogen) atoms. The highest BCUT2D eigenvalue weighted by Gasteiger charge is 2.42. The van der Waals surface area contributed by atoms with E-state index in [9.17, 15) is 0 Å². The molecular weight excluding hydrogens is 244 g/mol. The molecule has 0 spiro atoms. The van der Waals surface area contributed by atoms with Gasteiger partial charge in [-0.1, -0.05) is 55.8 Å². The summed E-state index contributed by atoms with van der Waals surface area (Å²) in [6.07, 6.45) is 5.17. The Labute approximate surface area is 123 Å². The molecule has 108 valence electrons. The molecule has 1 aromatic rings. The Bertz CT molecular complexity index is 476. The van der Waals surface area contributed by atoms with Gasteiger partial charge >= 0.3 is 0 Å². The Hall–Kier alpha value is -1.08. The van der Waals surface area contributed by atoms with E-state index in [4.69, 9.17) is 4.74 Å². The minimum atomic E-state index is 0.408. The lowest BCUT2D eigenvalue weighted by molar-refractivity contribution is -0.0935. The molecule has 5 atom stereocenters. The predicted molar refractivity (Wildman–Crippen MR) is 83.6 cm³/mol. The van der Waals surface area contributed by atoms with Gasteiger partial charge in [-0.25, -0.2) is 0 Å². The van der Waals surface area contributed by atoms with Crippen LogP contribution in [0.3, 0.4) is 0 Å². The number of allylic oxidation sites excluding steroid dienone is 1. The monoisotopic (exact) mass is 270 g/mol. The second kappa shape index (κ2) is 5.73. The summed E-state index contributed by atoms with van der Waals surface area (Å²) < 4.78 is 6.24. The Kier molecular flexibility index (Phi) is 3.98. The van der Waals surface area contributed by atoms with Gasteiger partial charge in [-0.05, 0) is 43.1 Å². The third-order valence-electron chi connectivity index (χ3n) is 5.43. The third kappa shape index (κ3) is 2.56. The maximum absolute atomic E-state index is 6.24. The van der Waals surface area contributed by atoms with Crippen LogP contribution >= 0.6 is 0 Å². The molecule has 3 rings (SSSR count). The Morgan fingerprint density at radius 1 is 1.15 bits per heavy atom. The van der Waals surface area contributed by atoms with Gasteiger partial charge in [0.1, 0.15) is 0 Å². The molecule has 1 heterocycles. The van der Waals surface area contributed by atoms with Crippen LogP contribution in [0.15, 0.2) is 42.0 Å². The van der Waals surface area contributed by atoms with Gasteiger partial charge in [-0.15, -0.1) is 0 Å². The molecule has 1 saturated heterocycles. The summed E-state index contributed by atoms with van der Waals surface area (Å²) in [5, 5.41) is 0. The van der Waals surface area contributed by atoms with Gasteiger partial charge in [0.05, 0.1) is 12.7 Å². The highest BCUT2D eigenvalue weighted by Crippen LogP contribution is 2.45. The molecule has 1 heteroatoms. The maximum atomic E-state index is 6.24. The van der Waals surface area contributed by atoms with Crippen LogP contribution in [0.2, 0.25) is 0 Å². The molecule has 2 aliphatic rings. The van der Waals surface area contributed by atoms with E-state index >= 15 is 0 Å². The molecule has 5 unspecified atom stereocenters. The highest BCUT2D eigenvalue weighted by molar-refractivity contribution is 5.18. The summed E-state index contributed by atoms with van der Waals surface area (Å²) >= 11 is 0. The molecule has 1 fully saturated rings. The summed E-state index contributed by atoms with van der Waals surface area (Å²) in [5.41, 5.74) is 2.98. The smallest absolute Gasteiger partial charge is 0.0646 e. The van der Waals surface area contributed by atoms with Crippen molar-refractivity contribution in [3.63, 3.8) is 0 Å². The zero-order valence-electron chi connectivity index (χ0n) is 12.9. The largest absolute Gasteiger partial charge is 0.377 e. The fourth-order valence-electron chi connectivity index (χ4n) is 4.30. The summed E-state index contributed by atoms with van der Waals surface area (Å²) in [6.45, 7) is 8.02. The quantitative estimate of drug-likeness (QED) is 0.736. The van der Waals surface area contributed by atoms with E-state index in [0.29, 0.717) is 17.9 Å². The highest BCUT2D eigenvalue weighted by atomic mass is 16.5. The van der Waals surface area contributed by atoms with Gasteiger partial charge in [0.25, 0.3) is 0 Å². The summed E-state index contributed by atoms with van der Waals surface area (Å²) in [4.78, 5) is 0. The fourth-order valence-corrected chi connectivity index (χ4v) is 4.30. The van der Waals surface area contributed by atoms with Gasteiger partial charge in [-0.2, -0.15) is 0 Å². The summed E-state index contributed by atoms with van der Waals surface area (Å²) in [7, 11) is 0. The first-order valence-corrected chi connectivity index (χ1v) is 8.00. The van der Waals surface area contributed by atoms with Gasteiger partial charge < -0.3 is 4.74 Å². The van der Waals surface area contributed by atoms with Crippen molar-refractivity contribution in [2.45, 2.75) is 39.7 Å². The minimum absolute atomic E-state index is 0.408. The van der Waals surface area contributed by atoms with Crippen molar-refractivity contribution in [1.82, 2.24) is 0 Å². The van der Waals surface area contributed by atoms with E-state index in [1.54, 1.807) is 5.57 Å². The molecule has 0 N–H and O–H groups in total. The Balaban J connectivity index is 1.70. The number of fused-ring (bicyclic) bond motifs is 2. The van der Waals surface area contributed by atoms with Crippen LogP contribution in [-0.4, -0.2) is 12.7 Å². The molecule has 0 saturated carbocycles. The zero-order chi connectivity index (χ0) is 14.1. The minimum Gasteiger partial charge on any atom is -0.377 e. The van der Waals surface area contributed by atoms with Crippen molar-refractivity contribution in [3.05, 3.63) is 47.5 Å². The first-order chi connectivity index (χ1) is 9.66. The number of benzene rings is 1. The summed E-state index contributed by atoms with van der Waals surface area (Å²) in [6, 6.07) is 10.8. The van der Waals surface area contributed by atoms with Crippen molar-refractivity contribution < 1.29 is 4.74 Å². The van der Waals surface area contributed by atoms with Crippen LogP contribution in [0.1, 0.15) is 32.8 Å². The molecule has 1 aliphatic heterocycles. The second-order valence-corrected chi connectivity index (χ2v) is 6.71. The Morgan fingerprint density at radius 2 is 1.90 bits per heavy atom. The average Bonchev–Trinajstić information content (AvgIpc) is 2.44. The molecule has 0 radical (unpaired) electrons. The lowest BCUT2D eigenvalue weighted by atomic mass is 9.65. The standard InChI is InChI=1S/C19H26O/c1-13-11-14(2)19-15(3)17(13)12-20-18(19)10-9-16-7-5-4-6-8-16/h4-8,11,13,15,17-19H,9-10,12H2,1-3H3. The average molecular weight is 270 g/mol. The first kappa shape index (κ1) is 13.9. The number of rotatable bonds is 3. The number of hydrogen-bond donors (Lipinski definition) is 0. The molecule has 1 aliphatic carbocycles. The number of aryl methyl sites for hydroxylation is 1. The van der Waals surface area contributed by atoms with Crippen molar-refractivity contribution in [3.8, 4) is 0 Å². The predicted octanol–water partition coefficient (Wildman–Crippen LogP) is 4.48. The molecular formula is C19H26O. The summed E-state index contributed by atoms with van der Waals surface area (Å²) in [5.74, 6) is 2.80. The topological polar surface area (TPSA) is 9.23 Å². The van der Waals surface area contributed by atoms with Crippen LogP contribution in [0.25, 0.3) is 0 Å². The third-order valence-corrected chi connectivity index (χ3v) is 5.43. The molecule has 2 bridgehead atoms. The SMILES string of the molecule is CC1=CC(C)C2COC(CCc3ccccc3)C1C2C. The lowest BCUT2D eigenvalue weighted by Gasteiger charge is -2.47. The van der Waals surface area contributed by atoms with Gasteiger partial charge in [0.2, 0.25) is 0 Å². The molecule has 1 nitrogen and oxygen atoms in total. The van der Waals surface area contributed by atoms with E-state index in [2.05, 4.69) is 57.2 Å². The van der Waals surface area contributed by atoms with Gasteiger partial charge in [0.15, 0.2) is 0 Å². The van der Waals surface area contributed by atoms with Crippen LogP contribution < -0.4 is 0 Å². The van der Waals surface area contributed by atoms with Crippen molar-refractivity contribution >= 4 is 0 Å². The second-order valence-electron chi connectivity index (χ2n) is 6.71. The first-order valence-electron chi connectivity index (χ1n) is 8.00. The van der Waals surface area contributed by atoms with Crippen LogP contribution in [0.4, 0.5) is 0 Å². The van der Waals surface area contributed by atoms with Crippen molar-refractivity contribution in [2.24, 2.45) is 23.7 Å². The lowest BCUT2D eigenvalue weighted by Crippen LogP contribution is -2.46. The van der Waals surface area contributed by atoms with Crippen LogP contribution in [0.5, 0.6) is 0 Å². The van der Waals surface area contributed by atoms with E-state index in [0.717, 1.165) is 31.3 Å².